The van der Waals surface area contributed by atoms with E-state index in [4.69, 9.17) is 92.8 Å². The van der Waals surface area contributed by atoms with Gasteiger partial charge in [-0.1, -0.05) is 117 Å². The molecule has 0 fully saturated rings. The molecule has 80 heavy (non-hydrogen) atoms. The molecule has 0 saturated carbocycles. The van der Waals surface area contributed by atoms with Crippen LogP contribution >= 0.6 is 92.8 Å². The van der Waals surface area contributed by atoms with Crippen LogP contribution in [0.4, 0.5) is 22.7 Å². The molecule has 3 aromatic heterocycles. The van der Waals surface area contributed by atoms with Crippen LogP contribution in [0.15, 0.2) is 72.8 Å². The van der Waals surface area contributed by atoms with Gasteiger partial charge in [0.2, 0.25) is 0 Å². The molecule has 0 spiro atoms. The molecule has 8 bridgehead atoms. The summed E-state index contributed by atoms with van der Waals surface area (Å²) in [6.45, 7) is 0. The number of nitro groups is 8. The van der Waals surface area contributed by atoms with E-state index in [0.29, 0.717) is 0 Å². The Morgan fingerprint density at radius 2 is 0.438 bits per heavy atom. The number of nitrogens with zero attached hydrogens (tertiary/aromatic N) is 10. The fourth-order valence-corrected chi connectivity index (χ4v) is 11.4. The maximum atomic E-state index is 13.7. The van der Waals surface area contributed by atoms with Crippen molar-refractivity contribution in [1.29, 1.82) is 0 Å². The molecule has 2 N–H and O–H groups in total. The second kappa shape index (κ2) is 20.7. The Bertz CT molecular complexity index is 3790. The molecular weight excluding hydrogens is 1240 g/mol. The number of hydrogen-bond donors (Lipinski definition) is 2. The molecule has 0 atom stereocenters. The first-order valence-corrected chi connectivity index (χ1v) is 24.1. The summed E-state index contributed by atoms with van der Waals surface area (Å²) in [6.07, 6.45) is 0. The van der Waals surface area contributed by atoms with Crippen molar-refractivity contribution < 1.29 is 39.4 Å². The van der Waals surface area contributed by atoms with Crippen LogP contribution in [0.3, 0.4) is 0 Å². The maximum absolute atomic E-state index is 13.7. The van der Waals surface area contributed by atoms with Gasteiger partial charge in [0.1, 0.15) is 22.1 Å². The summed E-state index contributed by atoms with van der Waals surface area (Å²) in [5, 5.41) is 105. The number of H-pyrrole nitrogens is 2. The summed E-state index contributed by atoms with van der Waals surface area (Å²) in [4.78, 5) is 111. The van der Waals surface area contributed by atoms with Gasteiger partial charge in [0.15, 0.2) is 22.8 Å². The molecule has 2 aliphatic heterocycles. The number of aromatic amines is 2. The van der Waals surface area contributed by atoms with Gasteiger partial charge in [0.25, 0.3) is 0 Å². The third-order valence-corrected chi connectivity index (χ3v) is 14.5. The van der Waals surface area contributed by atoms with Crippen LogP contribution in [0.5, 0.6) is 0 Å². The van der Waals surface area contributed by atoms with Crippen LogP contribution in [0.25, 0.3) is 89.4 Å². The number of aromatic nitrogens is 4. The summed E-state index contributed by atoms with van der Waals surface area (Å²) in [6, 6.07) is 12.8. The Morgan fingerprint density at radius 3 is 0.575 bits per heavy atom. The lowest BCUT2D eigenvalue weighted by molar-refractivity contribution is -0.419. The molecule has 5 heterocycles. The lowest BCUT2D eigenvalue weighted by Crippen LogP contribution is -2.06. The first-order chi connectivity index (χ1) is 37.7. The average Bonchev–Trinajstić information content (AvgIpc) is 4.15. The Labute approximate surface area is 478 Å². The minimum absolute atomic E-state index is 0.636. The summed E-state index contributed by atoms with van der Waals surface area (Å²) in [5.74, 6) is 0. The zero-order valence-electron chi connectivity index (χ0n) is 38.0. The summed E-state index contributed by atoms with van der Waals surface area (Å²) >= 11 is 53.9. The molecule has 36 heteroatoms. The van der Waals surface area contributed by atoms with Gasteiger partial charge in [0.05, 0.1) is 79.6 Å². The number of halogens is 8. The van der Waals surface area contributed by atoms with Crippen LogP contribution < -0.4 is 0 Å². The highest BCUT2D eigenvalue weighted by molar-refractivity contribution is 6.43. The number of fused-ring (bicyclic) bond motifs is 8. The second-order valence-electron chi connectivity index (χ2n) is 16.1. The third-order valence-electron chi connectivity index (χ3n) is 11.9. The molecular formula is C44H14Cl8N12O16. The van der Waals surface area contributed by atoms with Crippen LogP contribution in [0.1, 0.15) is 22.8 Å². The number of benzene rings is 4. The van der Waals surface area contributed by atoms with Crippen molar-refractivity contribution in [2.75, 3.05) is 0 Å². The molecule has 0 unspecified atom stereocenters. The van der Waals surface area contributed by atoms with Crippen molar-refractivity contribution in [2.24, 2.45) is 0 Å². The van der Waals surface area contributed by atoms with Gasteiger partial charge in [-0.2, -0.15) is 0 Å². The van der Waals surface area contributed by atoms with E-state index in [-0.39, 0.29) is 0 Å². The minimum atomic E-state index is -1.79. The van der Waals surface area contributed by atoms with Crippen LogP contribution in [-0.4, -0.2) is 59.3 Å². The zero-order valence-corrected chi connectivity index (χ0v) is 44.0. The lowest BCUT2D eigenvalue weighted by Gasteiger charge is -2.10. The molecule has 0 aliphatic carbocycles. The van der Waals surface area contributed by atoms with Gasteiger partial charge in [-0.05, 0) is 48.5 Å². The third kappa shape index (κ3) is 8.75. The lowest BCUT2D eigenvalue weighted by atomic mass is 9.99. The van der Waals surface area contributed by atoms with E-state index in [1.54, 1.807) is 0 Å². The van der Waals surface area contributed by atoms with Gasteiger partial charge in [-0.15, -0.1) is 0 Å². The fourth-order valence-electron chi connectivity index (χ4n) is 9.06. The molecule has 0 saturated heterocycles. The number of rotatable bonds is 12. The fraction of sp³-hybridized carbons (Fsp3) is 0. The van der Waals surface area contributed by atoms with Gasteiger partial charge in [-0.25, -0.2) is 9.97 Å². The standard InChI is InChI=1S/C44H14Cl8N12O16/c45-13-5-1-6-14(46)21(13)25-29-37(57(65)66)39(59(69)70)31(53-29)26(22-15(47)7-2-8-16(22)48)33-41(61(73)74)43(63(77)78)35(55-33)28(24-19(51)11-4-12-20(24)52)36-44(64(79)80)42(62(75)76)34(56-36)27(23-17(49)9-3-10-18(23)50)32-40(60(71)72)38(58(67)68)30(25)54-32/h1-12,53,56H. The van der Waals surface area contributed by atoms with E-state index < -0.39 is 214 Å². The molecule has 28 nitrogen and oxygen atoms in total. The Kier molecular flexibility index (Phi) is 14.4. The Morgan fingerprint density at radius 1 is 0.275 bits per heavy atom. The largest absolute Gasteiger partial charge is 0.374 e. The minimum Gasteiger partial charge on any atom is -0.343 e. The van der Waals surface area contributed by atoms with Crippen molar-refractivity contribution in [3.63, 3.8) is 0 Å². The second-order valence-corrected chi connectivity index (χ2v) is 19.4. The molecule has 0 radical (unpaired) electrons. The Hall–Kier alpha value is -9.00. The van der Waals surface area contributed by atoms with E-state index in [9.17, 15) is 80.9 Å². The topological polar surface area (TPSA) is 402 Å². The van der Waals surface area contributed by atoms with Crippen molar-refractivity contribution in [3.8, 4) is 44.5 Å². The highest BCUT2D eigenvalue weighted by Crippen LogP contribution is 2.56. The van der Waals surface area contributed by atoms with E-state index in [2.05, 4.69) is 19.9 Å². The highest BCUT2D eigenvalue weighted by atomic mass is 35.5. The molecule has 4 aromatic carbocycles. The van der Waals surface area contributed by atoms with Gasteiger partial charge in [0, 0.05) is 44.5 Å². The van der Waals surface area contributed by atoms with E-state index in [1.165, 1.54) is 24.3 Å². The van der Waals surface area contributed by atoms with E-state index in [1.807, 2.05) is 0 Å². The van der Waals surface area contributed by atoms with Crippen molar-refractivity contribution in [2.45, 2.75) is 0 Å². The van der Waals surface area contributed by atoms with Gasteiger partial charge < -0.3 is 9.97 Å². The van der Waals surface area contributed by atoms with Crippen LogP contribution in [-0.2, 0) is 0 Å². The predicted octanol–water partition coefficient (Wildman–Crippen LogP) is 14.6. The monoisotopic (exact) mass is 1250 g/mol. The molecule has 2 aliphatic rings. The highest BCUT2D eigenvalue weighted by Gasteiger charge is 2.51. The average molecular weight is 1250 g/mol. The van der Waals surface area contributed by atoms with Crippen LogP contribution in [0, 0.1) is 80.9 Å². The van der Waals surface area contributed by atoms with Crippen molar-refractivity contribution in [1.82, 2.24) is 19.9 Å². The van der Waals surface area contributed by atoms with E-state index >= 15 is 0 Å². The first kappa shape index (κ1) is 55.7. The first-order valence-electron chi connectivity index (χ1n) is 21.1. The van der Waals surface area contributed by atoms with E-state index in [0.717, 1.165) is 48.5 Å². The quantitative estimate of drug-likeness (QED) is 0.0847. The normalized spacial score (nSPS) is 12.2. The van der Waals surface area contributed by atoms with Gasteiger partial charge in [-0.3, -0.25) is 80.9 Å². The molecule has 9 rings (SSSR count). The molecule has 7 aromatic rings. The molecule has 402 valence electrons. The number of hydrogen-bond acceptors (Lipinski definition) is 18. The molecule has 0 amide bonds. The maximum Gasteiger partial charge on any atom is 0.374 e. The van der Waals surface area contributed by atoms with Gasteiger partial charge >= 0.3 is 45.5 Å². The number of nitrogens with one attached hydrogen (secondary N) is 2. The smallest absolute Gasteiger partial charge is 0.343 e. The predicted molar refractivity (Wildman–Crippen MR) is 291 cm³/mol. The zero-order chi connectivity index (χ0) is 58.4. The summed E-state index contributed by atoms with van der Waals surface area (Å²) < 4.78 is 0. The SMILES string of the molecule is O=[N+]([O-])C1=C([N+](=O)[O-])c2nc1c(-c1c(Cl)cccc1Cl)c1[nH]c(c(-c3c(Cl)cccc3Cl)c3nc(c(-c4c(Cl)cccc4Cl)c4[nH]c(c2-c2c(Cl)cccc2Cl)c([N+](=O)[O-])c4[N+](=O)[O-])C([N+](=O)[O-])=C3[N+](=O)[O-])c([N+](=O)[O-])c1[N+](=O)[O-]. The van der Waals surface area contributed by atoms with Crippen LogP contribution in [0.2, 0.25) is 40.2 Å². The summed E-state index contributed by atoms with van der Waals surface area (Å²) in [5.41, 5.74) is -33.4. The Balaban J connectivity index is 1.89. The van der Waals surface area contributed by atoms with Crippen molar-refractivity contribution in [3.05, 3.63) is 217 Å². The summed E-state index contributed by atoms with van der Waals surface area (Å²) in [7, 11) is 0. The van der Waals surface area contributed by atoms with Crippen molar-refractivity contribution >= 4 is 160 Å².